The molecule has 0 radical (unpaired) electrons. The molecule has 1 amide bonds. The molecule has 2 aromatic rings. The SMILES string of the molecule is C/C(=C\C=C/CF)Cn1c2c(c3cc(F)ccc31)CC(NC=O)CC2. The van der Waals surface area contributed by atoms with Crippen LogP contribution in [0.25, 0.3) is 10.9 Å². The van der Waals surface area contributed by atoms with Gasteiger partial charge < -0.3 is 9.88 Å². The molecule has 1 aliphatic rings. The molecular formula is C20H22F2N2O. The average molecular weight is 344 g/mol. The lowest BCUT2D eigenvalue weighted by Crippen LogP contribution is -2.33. The van der Waals surface area contributed by atoms with Crippen LogP contribution in [-0.2, 0) is 24.2 Å². The van der Waals surface area contributed by atoms with Gasteiger partial charge in [0.25, 0.3) is 0 Å². The van der Waals surface area contributed by atoms with Gasteiger partial charge in [0.15, 0.2) is 0 Å². The van der Waals surface area contributed by atoms with Crippen molar-refractivity contribution >= 4 is 17.3 Å². The Morgan fingerprint density at radius 3 is 3.04 bits per heavy atom. The van der Waals surface area contributed by atoms with Crippen LogP contribution < -0.4 is 5.32 Å². The third kappa shape index (κ3) is 3.65. The number of benzene rings is 1. The van der Waals surface area contributed by atoms with Gasteiger partial charge >= 0.3 is 0 Å². The number of rotatable bonds is 6. The first-order valence-electron chi connectivity index (χ1n) is 8.51. The van der Waals surface area contributed by atoms with Crippen LogP contribution in [0.2, 0.25) is 0 Å². The first-order chi connectivity index (χ1) is 12.1. The van der Waals surface area contributed by atoms with Crippen LogP contribution in [-0.4, -0.2) is 23.7 Å². The molecule has 5 heteroatoms. The van der Waals surface area contributed by atoms with Gasteiger partial charge in [0.2, 0.25) is 6.41 Å². The van der Waals surface area contributed by atoms with Crippen molar-refractivity contribution in [2.45, 2.75) is 38.8 Å². The van der Waals surface area contributed by atoms with Crippen molar-refractivity contribution in [3.05, 3.63) is 59.1 Å². The molecule has 1 N–H and O–H groups in total. The summed E-state index contributed by atoms with van der Waals surface area (Å²) in [5, 5.41) is 3.77. The number of aromatic nitrogens is 1. The Bertz CT molecular complexity index is 836. The van der Waals surface area contributed by atoms with Crippen molar-refractivity contribution in [3.63, 3.8) is 0 Å². The average Bonchev–Trinajstić information content (AvgIpc) is 2.88. The molecule has 3 nitrogen and oxygen atoms in total. The lowest BCUT2D eigenvalue weighted by molar-refractivity contribution is -0.110. The maximum Gasteiger partial charge on any atom is 0.207 e. The molecular weight excluding hydrogens is 322 g/mol. The molecule has 0 aliphatic heterocycles. The maximum absolute atomic E-state index is 13.8. The van der Waals surface area contributed by atoms with Crippen LogP contribution >= 0.6 is 0 Å². The quantitative estimate of drug-likeness (QED) is 0.627. The zero-order valence-corrected chi connectivity index (χ0v) is 14.3. The molecule has 0 fully saturated rings. The Labute approximate surface area is 146 Å². The molecule has 25 heavy (non-hydrogen) atoms. The highest BCUT2D eigenvalue weighted by Crippen LogP contribution is 2.33. The van der Waals surface area contributed by atoms with Crippen molar-refractivity contribution in [1.82, 2.24) is 9.88 Å². The number of alkyl halides is 1. The minimum atomic E-state index is -0.476. The zero-order chi connectivity index (χ0) is 17.8. The fourth-order valence-electron chi connectivity index (χ4n) is 3.63. The molecule has 132 valence electrons. The van der Waals surface area contributed by atoms with Gasteiger partial charge in [0.1, 0.15) is 12.5 Å². The van der Waals surface area contributed by atoms with Crippen molar-refractivity contribution in [1.29, 1.82) is 0 Å². The summed E-state index contributed by atoms with van der Waals surface area (Å²) in [6, 6.07) is 4.97. The molecule has 3 rings (SSSR count). The van der Waals surface area contributed by atoms with Crippen LogP contribution in [0, 0.1) is 5.82 Å². The number of allylic oxidation sites excluding steroid dienone is 4. The number of halogens is 2. The highest BCUT2D eigenvalue weighted by molar-refractivity contribution is 5.86. The summed E-state index contributed by atoms with van der Waals surface area (Å²) in [5.41, 5.74) is 4.42. The van der Waals surface area contributed by atoms with E-state index in [1.165, 1.54) is 17.8 Å². The van der Waals surface area contributed by atoms with E-state index in [9.17, 15) is 13.6 Å². The number of nitrogens with zero attached hydrogens (tertiary/aromatic N) is 1. The van der Waals surface area contributed by atoms with E-state index in [-0.39, 0.29) is 11.9 Å². The van der Waals surface area contributed by atoms with E-state index in [0.29, 0.717) is 13.0 Å². The van der Waals surface area contributed by atoms with Gasteiger partial charge in [-0.2, -0.15) is 0 Å². The maximum atomic E-state index is 13.8. The van der Waals surface area contributed by atoms with Gasteiger partial charge in [-0.3, -0.25) is 4.79 Å². The third-order valence-corrected chi connectivity index (χ3v) is 4.75. The molecule has 1 aromatic carbocycles. The number of fused-ring (bicyclic) bond motifs is 3. The minimum absolute atomic E-state index is 0.0939. The molecule has 0 bridgehead atoms. The van der Waals surface area contributed by atoms with Gasteiger partial charge in [-0.05, 0) is 49.9 Å². The Morgan fingerprint density at radius 2 is 2.28 bits per heavy atom. The summed E-state index contributed by atoms with van der Waals surface area (Å²) in [6.45, 7) is 2.21. The molecule has 1 atom stereocenters. The van der Waals surface area contributed by atoms with Gasteiger partial charge in [0, 0.05) is 29.2 Å². The monoisotopic (exact) mass is 344 g/mol. The van der Waals surface area contributed by atoms with Gasteiger partial charge in [-0.1, -0.05) is 23.8 Å². The highest BCUT2D eigenvalue weighted by atomic mass is 19.1. The Kier molecular flexibility index (Phi) is 5.31. The second kappa shape index (κ2) is 7.64. The summed E-state index contributed by atoms with van der Waals surface area (Å²) in [4.78, 5) is 10.8. The summed E-state index contributed by atoms with van der Waals surface area (Å²) < 4.78 is 28.2. The number of carbonyl (C=O) groups excluding carboxylic acids is 1. The summed E-state index contributed by atoms with van der Waals surface area (Å²) in [5.74, 6) is -0.254. The number of hydrogen-bond acceptors (Lipinski definition) is 1. The number of amides is 1. The molecule has 0 saturated heterocycles. The summed E-state index contributed by atoms with van der Waals surface area (Å²) >= 11 is 0. The van der Waals surface area contributed by atoms with Crippen molar-refractivity contribution in [2.75, 3.05) is 6.67 Å². The zero-order valence-electron chi connectivity index (χ0n) is 14.3. The van der Waals surface area contributed by atoms with Gasteiger partial charge in [-0.25, -0.2) is 8.78 Å². The van der Waals surface area contributed by atoms with Crippen molar-refractivity contribution in [2.24, 2.45) is 0 Å². The Balaban J connectivity index is 2.03. The lowest BCUT2D eigenvalue weighted by Gasteiger charge is -2.23. The number of hydrogen-bond donors (Lipinski definition) is 1. The molecule has 1 aliphatic carbocycles. The van der Waals surface area contributed by atoms with Crippen LogP contribution in [0.3, 0.4) is 0 Å². The predicted octanol–water partition coefficient (Wildman–Crippen LogP) is 3.86. The first kappa shape index (κ1) is 17.4. The minimum Gasteiger partial charge on any atom is -0.356 e. The largest absolute Gasteiger partial charge is 0.356 e. The van der Waals surface area contributed by atoms with E-state index in [1.807, 2.05) is 19.1 Å². The number of nitrogens with one attached hydrogen (secondary N) is 1. The highest BCUT2D eigenvalue weighted by Gasteiger charge is 2.25. The standard InChI is InChI=1S/C20H22F2N2O/c1-14(4-2-3-9-21)12-24-19-7-5-15(22)10-17(19)18-11-16(23-13-25)6-8-20(18)24/h2-5,7,10,13,16H,6,8-9,11-12H2,1H3,(H,23,25)/b3-2-,14-4+. The predicted molar refractivity (Wildman–Crippen MR) is 95.8 cm³/mol. The second-order valence-electron chi connectivity index (χ2n) is 6.49. The van der Waals surface area contributed by atoms with E-state index < -0.39 is 6.67 Å². The normalized spacial score (nSPS) is 17.9. The Hall–Kier alpha value is -2.43. The molecule has 1 aromatic heterocycles. The summed E-state index contributed by atoms with van der Waals surface area (Å²) in [7, 11) is 0. The van der Waals surface area contributed by atoms with E-state index >= 15 is 0 Å². The smallest absolute Gasteiger partial charge is 0.207 e. The van der Waals surface area contributed by atoms with Crippen LogP contribution in [0.5, 0.6) is 0 Å². The molecule has 0 spiro atoms. The molecule has 1 unspecified atom stereocenters. The van der Waals surface area contributed by atoms with Crippen LogP contribution in [0.4, 0.5) is 8.78 Å². The second-order valence-corrected chi connectivity index (χ2v) is 6.49. The molecule has 1 heterocycles. The van der Waals surface area contributed by atoms with Crippen LogP contribution in [0.1, 0.15) is 24.6 Å². The Morgan fingerprint density at radius 1 is 1.44 bits per heavy atom. The van der Waals surface area contributed by atoms with Crippen molar-refractivity contribution in [3.8, 4) is 0 Å². The third-order valence-electron chi connectivity index (χ3n) is 4.75. The summed E-state index contributed by atoms with van der Waals surface area (Å²) in [6.07, 6.45) is 8.25. The van der Waals surface area contributed by atoms with E-state index in [1.54, 1.807) is 12.1 Å². The fourth-order valence-corrected chi connectivity index (χ4v) is 3.63. The van der Waals surface area contributed by atoms with Crippen molar-refractivity contribution < 1.29 is 13.6 Å². The van der Waals surface area contributed by atoms with Crippen LogP contribution in [0.15, 0.2) is 42.0 Å². The van der Waals surface area contributed by atoms with E-state index in [0.717, 1.165) is 41.3 Å². The number of carbonyl (C=O) groups is 1. The lowest BCUT2D eigenvalue weighted by atomic mass is 9.91. The first-order valence-corrected chi connectivity index (χ1v) is 8.51. The molecule has 0 saturated carbocycles. The van der Waals surface area contributed by atoms with E-state index in [2.05, 4.69) is 9.88 Å². The van der Waals surface area contributed by atoms with Gasteiger partial charge in [0.05, 0.1) is 0 Å². The topological polar surface area (TPSA) is 34.0 Å². The van der Waals surface area contributed by atoms with E-state index in [4.69, 9.17) is 0 Å². The fraction of sp³-hybridized carbons (Fsp3) is 0.350. The van der Waals surface area contributed by atoms with Gasteiger partial charge in [-0.15, -0.1) is 0 Å².